The summed E-state index contributed by atoms with van der Waals surface area (Å²) in [4.78, 5) is 4.06. The molecule has 0 aromatic rings. The van der Waals surface area contributed by atoms with Crippen LogP contribution in [-0.2, 0) is 0 Å². The molecule has 0 saturated carbocycles. The van der Waals surface area contributed by atoms with E-state index in [1.807, 2.05) is 45.4 Å². The molecule has 0 amide bonds. The van der Waals surface area contributed by atoms with E-state index in [2.05, 4.69) is 10.6 Å². The van der Waals surface area contributed by atoms with Gasteiger partial charge in [-0.1, -0.05) is 0 Å². The Bertz CT molecular complexity index is 130. The SMILES string of the molecule is CN(C)C=C=CCN(C)C. The van der Waals surface area contributed by atoms with Crippen LogP contribution in [0.2, 0.25) is 0 Å². The third kappa shape index (κ3) is 7.28. The summed E-state index contributed by atoms with van der Waals surface area (Å²) in [7, 11) is 8.04. The fraction of sp³-hybridized carbons (Fsp3) is 0.625. The molecular weight excluding hydrogens is 124 g/mol. The maximum absolute atomic E-state index is 3.05. The van der Waals surface area contributed by atoms with Gasteiger partial charge < -0.3 is 9.80 Å². The van der Waals surface area contributed by atoms with Gasteiger partial charge in [0.15, 0.2) is 0 Å². The third-order valence-electron chi connectivity index (χ3n) is 0.907. The van der Waals surface area contributed by atoms with Gasteiger partial charge in [0, 0.05) is 26.8 Å². The molecule has 0 aliphatic rings. The summed E-state index contributed by atoms with van der Waals surface area (Å²) < 4.78 is 0. The molecule has 0 aliphatic heterocycles. The molecule has 2 heteroatoms. The van der Waals surface area contributed by atoms with Crippen LogP contribution in [0.4, 0.5) is 0 Å². The number of likely N-dealkylation sites (N-methyl/N-ethyl adjacent to an activating group) is 1. The standard InChI is InChI=1S/C8H16N2/c1-9(2)7-5-6-8-10(3)4/h5,8H,7H2,1-4H3. The predicted octanol–water partition coefficient (Wildman–Crippen LogP) is 0.778. The molecule has 0 N–H and O–H groups in total. The lowest BCUT2D eigenvalue weighted by Gasteiger charge is -2.02. The van der Waals surface area contributed by atoms with Crippen molar-refractivity contribution in [2.24, 2.45) is 0 Å². The summed E-state index contributed by atoms with van der Waals surface area (Å²) in [5, 5.41) is 0. The molecule has 0 unspecified atom stereocenters. The largest absolute Gasteiger partial charge is 0.377 e. The first kappa shape index (κ1) is 9.28. The fourth-order valence-corrected chi connectivity index (χ4v) is 0.437. The maximum Gasteiger partial charge on any atom is 0.0415 e. The van der Waals surface area contributed by atoms with Crippen LogP contribution in [0.25, 0.3) is 0 Å². The van der Waals surface area contributed by atoms with E-state index in [0.717, 1.165) is 6.54 Å². The van der Waals surface area contributed by atoms with Gasteiger partial charge in [-0.25, -0.2) is 0 Å². The second kappa shape index (κ2) is 5.10. The summed E-state index contributed by atoms with van der Waals surface area (Å²) in [5.74, 6) is 0. The topological polar surface area (TPSA) is 6.48 Å². The summed E-state index contributed by atoms with van der Waals surface area (Å²) in [6.07, 6.45) is 3.91. The van der Waals surface area contributed by atoms with Crippen LogP contribution in [0.15, 0.2) is 18.0 Å². The van der Waals surface area contributed by atoms with E-state index in [-0.39, 0.29) is 0 Å². The number of rotatable bonds is 3. The van der Waals surface area contributed by atoms with Crippen molar-refractivity contribution in [1.29, 1.82) is 0 Å². The highest BCUT2D eigenvalue weighted by molar-refractivity contribution is 4.84. The zero-order valence-corrected chi connectivity index (χ0v) is 7.26. The molecule has 10 heavy (non-hydrogen) atoms. The Morgan fingerprint density at radius 3 is 2.20 bits per heavy atom. The van der Waals surface area contributed by atoms with E-state index in [1.54, 1.807) is 0 Å². The second-order valence-corrected chi connectivity index (χ2v) is 2.73. The molecule has 0 radical (unpaired) electrons. The Labute approximate surface area is 63.4 Å². The smallest absolute Gasteiger partial charge is 0.0415 e. The van der Waals surface area contributed by atoms with Crippen molar-refractivity contribution in [2.75, 3.05) is 34.7 Å². The normalized spacial score (nSPS) is 8.90. The van der Waals surface area contributed by atoms with Crippen molar-refractivity contribution < 1.29 is 0 Å². The Balaban J connectivity index is 3.54. The lowest BCUT2D eigenvalue weighted by atomic mass is 10.5. The monoisotopic (exact) mass is 140 g/mol. The van der Waals surface area contributed by atoms with E-state index in [0.29, 0.717) is 0 Å². The molecule has 0 fully saturated rings. The minimum absolute atomic E-state index is 0.949. The quantitative estimate of drug-likeness (QED) is 0.534. The molecular formula is C8H16N2. The van der Waals surface area contributed by atoms with Crippen molar-refractivity contribution in [3.8, 4) is 0 Å². The van der Waals surface area contributed by atoms with Crippen molar-refractivity contribution in [3.05, 3.63) is 18.0 Å². The van der Waals surface area contributed by atoms with Crippen LogP contribution < -0.4 is 0 Å². The lowest BCUT2D eigenvalue weighted by molar-refractivity contribution is 0.456. The first-order chi connectivity index (χ1) is 4.63. The molecule has 0 atom stereocenters. The molecule has 2 nitrogen and oxygen atoms in total. The van der Waals surface area contributed by atoms with Gasteiger partial charge in [0.05, 0.1) is 0 Å². The molecule has 0 spiro atoms. The van der Waals surface area contributed by atoms with E-state index in [1.165, 1.54) is 0 Å². The van der Waals surface area contributed by atoms with Gasteiger partial charge in [0.25, 0.3) is 0 Å². The number of nitrogens with zero attached hydrogens (tertiary/aromatic N) is 2. The molecule has 58 valence electrons. The minimum Gasteiger partial charge on any atom is -0.377 e. The zero-order chi connectivity index (χ0) is 7.98. The average molecular weight is 140 g/mol. The Morgan fingerprint density at radius 1 is 1.20 bits per heavy atom. The van der Waals surface area contributed by atoms with E-state index in [4.69, 9.17) is 0 Å². The predicted molar refractivity (Wildman–Crippen MR) is 44.9 cm³/mol. The van der Waals surface area contributed by atoms with Gasteiger partial charge in [-0.3, -0.25) is 0 Å². The van der Waals surface area contributed by atoms with Gasteiger partial charge in [-0.05, 0) is 20.2 Å². The molecule has 0 aromatic carbocycles. The lowest BCUT2D eigenvalue weighted by Crippen LogP contribution is -2.10. The van der Waals surface area contributed by atoms with Crippen LogP contribution in [0.3, 0.4) is 0 Å². The summed E-state index contributed by atoms with van der Waals surface area (Å²) in [5.41, 5.74) is 3.05. The first-order valence-electron chi connectivity index (χ1n) is 3.35. The highest BCUT2D eigenvalue weighted by atomic mass is 15.0. The first-order valence-corrected chi connectivity index (χ1v) is 3.35. The van der Waals surface area contributed by atoms with Gasteiger partial charge in [0.1, 0.15) is 0 Å². The molecule has 0 heterocycles. The highest BCUT2D eigenvalue weighted by Crippen LogP contribution is 1.76. The number of hydrogen-bond acceptors (Lipinski definition) is 2. The van der Waals surface area contributed by atoms with E-state index >= 15 is 0 Å². The van der Waals surface area contributed by atoms with Crippen LogP contribution in [0.1, 0.15) is 0 Å². The van der Waals surface area contributed by atoms with Crippen LogP contribution in [-0.4, -0.2) is 44.5 Å². The van der Waals surface area contributed by atoms with Crippen molar-refractivity contribution in [2.45, 2.75) is 0 Å². The Kier molecular flexibility index (Phi) is 4.73. The summed E-state index contributed by atoms with van der Waals surface area (Å²) in [6.45, 7) is 0.949. The highest BCUT2D eigenvalue weighted by Gasteiger charge is 1.78. The van der Waals surface area contributed by atoms with Gasteiger partial charge in [-0.15, -0.1) is 5.73 Å². The van der Waals surface area contributed by atoms with Crippen molar-refractivity contribution >= 4 is 0 Å². The van der Waals surface area contributed by atoms with Crippen LogP contribution in [0, 0.1) is 0 Å². The summed E-state index contributed by atoms with van der Waals surface area (Å²) in [6, 6.07) is 0. The Hall–Kier alpha value is -0.720. The third-order valence-corrected chi connectivity index (χ3v) is 0.907. The molecule has 0 bridgehead atoms. The van der Waals surface area contributed by atoms with Crippen LogP contribution in [0.5, 0.6) is 0 Å². The molecule has 0 aliphatic carbocycles. The summed E-state index contributed by atoms with van der Waals surface area (Å²) >= 11 is 0. The zero-order valence-electron chi connectivity index (χ0n) is 7.26. The van der Waals surface area contributed by atoms with E-state index < -0.39 is 0 Å². The molecule has 0 saturated heterocycles. The van der Waals surface area contributed by atoms with Gasteiger partial charge in [-0.2, -0.15) is 0 Å². The number of hydrogen-bond donors (Lipinski definition) is 0. The second-order valence-electron chi connectivity index (χ2n) is 2.73. The van der Waals surface area contributed by atoms with E-state index in [9.17, 15) is 0 Å². The van der Waals surface area contributed by atoms with Crippen molar-refractivity contribution in [3.63, 3.8) is 0 Å². The molecule has 0 aromatic heterocycles. The average Bonchev–Trinajstić information content (AvgIpc) is 1.79. The maximum atomic E-state index is 3.05. The molecule has 0 rings (SSSR count). The Morgan fingerprint density at radius 2 is 1.80 bits per heavy atom. The fourth-order valence-electron chi connectivity index (χ4n) is 0.437. The minimum atomic E-state index is 0.949. The van der Waals surface area contributed by atoms with Crippen molar-refractivity contribution in [1.82, 2.24) is 9.80 Å². The van der Waals surface area contributed by atoms with Crippen LogP contribution >= 0.6 is 0 Å². The van der Waals surface area contributed by atoms with Gasteiger partial charge in [0.2, 0.25) is 0 Å². The van der Waals surface area contributed by atoms with Gasteiger partial charge >= 0.3 is 0 Å².